The molecule has 0 amide bonds. The Kier molecular flexibility index (Phi) is 6.72. The molecule has 14 atom stereocenters. The van der Waals surface area contributed by atoms with Crippen molar-refractivity contribution < 1.29 is 29.6 Å². The molecule has 6 rings (SSSR count). The molecule has 6 aliphatic rings. The smallest absolute Gasteiger partial charge is 0.184 e. The molecule has 1 aliphatic heterocycles. The van der Waals surface area contributed by atoms with Gasteiger partial charge in [0.05, 0.1) is 18.8 Å². The normalized spacial score (nSPS) is 57.4. The van der Waals surface area contributed by atoms with E-state index in [2.05, 4.69) is 27.7 Å². The van der Waals surface area contributed by atoms with Crippen molar-refractivity contribution in [2.75, 3.05) is 6.61 Å². The molecule has 0 aromatic heterocycles. The first-order valence-electron chi connectivity index (χ1n) is 15.7. The first kappa shape index (κ1) is 27.6. The van der Waals surface area contributed by atoms with Crippen molar-refractivity contribution in [2.45, 2.75) is 136 Å². The van der Waals surface area contributed by atoms with Gasteiger partial charge in [-0.3, -0.25) is 4.79 Å². The lowest BCUT2D eigenvalue weighted by atomic mass is 9.33. The van der Waals surface area contributed by atoms with E-state index in [-0.39, 0.29) is 34.2 Å². The molecule has 6 nitrogen and oxygen atoms in total. The van der Waals surface area contributed by atoms with Gasteiger partial charge in [-0.1, -0.05) is 34.1 Å². The lowest BCUT2D eigenvalue weighted by Gasteiger charge is -2.71. The zero-order valence-electron chi connectivity index (χ0n) is 24.3. The van der Waals surface area contributed by atoms with Gasteiger partial charge in [-0.05, 0) is 105 Å². The Morgan fingerprint density at radius 1 is 0.895 bits per heavy atom. The van der Waals surface area contributed by atoms with Crippen LogP contribution in [0.5, 0.6) is 0 Å². The third-order valence-electron chi connectivity index (χ3n) is 14.4. The molecule has 3 N–H and O–H groups in total. The maximum absolute atomic E-state index is 12.7. The number of ether oxygens (including phenoxy) is 2. The second kappa shape index (κ2) is 9.24. The molecule has 0 aromatic carbocycles. The Hall–Kier alpha value is -0.530. The van der Waals surface area contributed by atoms with Crippen LogP contribution < -0.4 is 0 Å². The number of carbonyl (C=O) groups is 1. The van der Waals surface area contributed by atoms with Crippen molar-refractivity contribution in [1.82, 2.24) is 0 Å². The number of fused-ring (bicyclic) bond motifs is 7. The zero-order valence-corrected chi connectivity index (χ0v) is 24.3. The number of carbonyl (C=O) groups excluding carboxylic acids is 1. The summed E-state index contributed by atoms with van der Waals surface area (Å²) in [5.41, 5.74) is 0.418. The fraction of sp³-hybridized carbons (Fsp3) is 0.969. The van der Waals surface area contributed by atoms with Crippen LogP contribution in [0.3, 0.4) is 0 Å². The monoisotopic (exact) mass is 532 g/mol. The minimum Gasteiger partial charge on any atom is -0.394 e. The standard InChI is InChI=1S/C32H52O6/c1-18-20-10-14-31(5)25(29(20,3)13-11-23(18)34)9-8-21-22-7-6-12-32(22,16-15-30(21,31)4)27(35)26-28(36)37-19(2)24(17-33)38-26/h18-22,24-28,33,35-36H,6-17H2,1-5H3/t18?,19?,20?,21?,22?,24?,25?,26?,27?,28?,29?,30-,31?,32?/m1/s1. The van der Waals surface area contributed by atoms with E-state index in [9.17, 15) is 20.1 Å². The fourth-order valence-electron chi connectivity index (χ4n) is 12.1. The molecule has 0 bridgehead atoms. The van der Waals surface area contributed by atoms with Gasteiger partial charge in [-0.25, -0.2) is 0 Å². The van der Waals surface area contributed by atoms with Gasteiger partial charge in [0, 0.05) is 17.8 Å². The Morgan fingerprint density at radius 3 is 2.39 bits per heavy atom. The maximum atomic E-state index is 12.7. The number of hydrogen-bond donors (Lipinski definition) is 3. The maximum Gasteiger partial charge on any atom is 0.184 e. The molecule has 1 heterocycles. The van der Waals surface area contributed by atoms with Crippen LogP contribution in [0.15, 0.2) is 0 Å². The van der Waals surface area contributed by atoms with E-state index >= 15 is 0 Å². The highest BCUT2D eigenvalue weighted by molar-refractivity contribution is 5.82. The summed E-state index contributed by atoms with van der Waals surface area (Å²) in [4.78, 5) is 12.7. The molecule has 13 unspecified atom stereocenters. The highest BCUT2D eigenvalue weighted by Gasteiger charge is 2.70. The Balaban J connectivity index is 1.30. The van der Waals surface area contributed by atoms with Crippen LogP contribution in [0, 0.1) is 51.2 Å². The Morgan fingerprint density at radius 2 is 1.66 bits per heavy atom. The van der Waals surface area contributed by atoms with E-state index in [4.69, 9.17) is 9.47 Å². The van der Waals surface area contributed by atoms with Gasteiger partial charge in [-0.2, -0.15) is 0 Å². The van der Waals surface area contributed by atoms with E-state index in [0.29, 0.717) is 29.5 Å². The quantitative estimate of drug-likeness (QED) is 0.480. The van der Waals surface area contributed by atoms with Crippen molar-refractivity contribution >= 4 is 5.78 Å². The van der Waals surface area contributed by atoms with Crippen molar-refractivity contribution in [3.63, 3.8) is 0 Å². The Bertz CT molecular complexity index is 939. The third-order valence-corrected chi connectivity index (χ3v) is 14.4. The summed E-state index contributed by atoms with van der Waals surface area (Å²) >= 11 is 0. The summed E-state index contributed by atoms with van der Waals surface area (Å²) < 4.78 is 11.9. The molecule has 5 aliphatic carbocycles. The van der Waals surface area contributed by atoms with Crippen LogP contribution in [-0.2, 0) is 14.3 Å². The number of Topliss-reactive ketones (excluding diaryl/α,β-unsaturated/α-hetero) is 1. The average Bonchev–Trinajstić information content (AvgIpc) is 3.32. The van der Waals surface area contributed by atoms with Gasteiger partial charge in [0.15, 0.2) is 6.29 Å². The second-order valence-electron chi connectivity index (χ2n) is 15.2. The number of aliphatic hydroxyl groups excluding tert-OH is 3. The predicted molar refractivity (Wildman–Crippen MR) is 144 cm³/mol. The lowest BCUT2D eigenvalue weighted by Crippen LogP contribution is -2.67. The van der Waals surface area contributed by atoms with Crippen LogP contribution in [0.4, 0.5) is 0 Å². The minimum atomic E-state index is -1.17. The SMILES string of the molecule is CC1OC(O)C(C(O)C23CCCC2C2CCC4C5(C)CCC(=O)C(C)C5CCC4(C)[C@]2(C)CC3)OC1CO. The first-order valence-corrected chi connectivity index (χ1v) is 15.7. The fourth-order valence-corrected chi connectivity index (χ4v) is 12.1. The highest BCUT2D eigenvalue weighted by Crippen LogP contribution is 2.76. The third kappa shape index (κ3) is 3.52. The Labute approximate surface area is 229 Å². The largest absolute Gasteiger partial charge is 0.394 e. The van der Waals surface area contributed by atoms with Crippen molar-refractivity contribution in [2.24, 2.45) is 51.2 Å². The highest BCUT2D eigenvalue weighted by atomic mass is 16.7. The summed E-state index contributed by atoms with van der Waals surface area (Å²) in [6.07, 6.45) is 8.11. The van der Waals surface area contributed by atoms with Gasteiger partial charge in [0.1, 0.15) is 18.0 Å². The molecular formula is C32H52O6. The summed E-state index contributed by atoms with van der Waals surface area (Å²) in [5, 5.41) is 32.6. The molecule has 6 fully saturated rings. The predicted octanol–water partition coefficient (Wildman–Crippen LogP) is 4.86. The summed E-state index contributed by atoms with van der Waals surface area (Å²) in [5.74, 6) is 2.80. The van der Waals surface area contributed by atoms with Gasteiger partial charge >= 0.3 is 0 Å². The lowest BCUT2D eigenvalue weighted by molar-refractivity contribution is -0.320. The number of rotatable bonds is 3. The molecule has 1 saturated heterocycles. The zero-order chi connectivity index (χ0) is 27.3. The topological polar surface area (TPSA) is 96.2 Å². The second-order valence-corrected chi connectivity index (χ2v) is 15.2. The van der Waals surface area contributed by atoms with E-state index in [0.717, 1.165) is 51.4 Å². The molecular weight excluding hydrogens is 480 g/mol. The molecule has 0 radical (unpaired) electrons. The summed E-state index contributed by atoms with van der Waals surface area (Å²) in [6.45, 7) is 11.5. The summed E-state index contributed by atoms with van der Waals surface area (Å²) in [7, 11) is 0. The van der Waals surface area contributed by atoms with E-state index < -0.39 is 30.7 Å². The van der Waals surface area contributed by atoms with Crippen LogP contribution in [-0.4, -0.2) is 58.4 Å². The number of hydrogen-bond acceptors (Lipinski definition) is 6. The van der Waals surface area contributed by atoms with Crippen LogP contribution in [0.2, 0.25) is 0 Å². The van der Waals surface area contributed by atoms with Gasteiger partial charge in [0.2, 0.25) is 0 Å². The molecule has 0 spiro atoms. The molecule has 38 heavy (non-hydrogen) atoms. The molecule has 5 saturated carbocycles. The van der Waals surface area contributed by atoms with E-state index in [1.54, 1.807) is 6.92 Å². The average molecular weight is 533 g/mol. The van der Waals surface area contributed by atoms with E-state index in [1.807, 2.05) is 0 Å². The van der Waals surface area contributed by atoms with Gasteiger partial charge < -0.3 is 24.8 Å². The molecule has 6 heteroatoms. The summed E-state index contributed by atoms with van der Waals surface area (Å²) in [6, 6.07) is 0. The number of ketones is 1. The van der Waals surface area contributed by atoms with Crippen LogP contribution in [0.1, 0.15) is 105 Å². The molecule has 216 valence electrons. The van der Waals surface area contributed by atoms with E-state index in [1.165, 1.54) is 19.3 Å². The first-order chi connectivity index (χ1) is 17.9. The van der Waals surface area contributed by atoms with Crippen molar-refractivity contribution in [3.8, 4) is 0 Å². The van der Waals surface area contributed by atoms with Crippen molar-refractivity contribution in [1.29, 1.82) is 0 Å². The van der Waals surface area contributed by atoms with Gasteiger partial charge in [-0.15, -0.1) is 0 Å². The van der Waals surface area contributed by atoms with Crippen molar-refractivity contribution in [3.05, 3.63) is 0 Å². The van der Waals surface area contributed by atoms with Gasteiger partial charge in [0.25, 0.3) is 0 Å². The number of aliphatic hydroxyl groups is 3. The van der Waals surface area contributed by atoms with Crippen LogP contribution >= 0.6 is 0 Å². The minimum absolute atomic E-state index is 0.183. The van der Waals surface area contributed by atoms with Crippen LogP contribution in [0.25, 0.3) is 0 Å². The molecule has 0 aromatic rings.